The van der Waals surface area contributed by atoms with Crippen LogP contribution in [-0.2, 0) is 11.2 Å². The molecule has 2 aromatic carbocycles. The number of thioether (sulfide) groups is 1. The van der Waals surface area contributed by atoms with E-state index in [4.69, 9.17) is 0 Å². The average Bonchev–Trinajstić information content (AvgIpc) is 3.11. The Morgan fingerprint density at radius 1 is 1.23 bits per heavy atom. The van der Waals surface area contributed by atoms with E-state index in [1.807, 2.05) is 37.3 Å². The number of aromatic amines is 1. The molecule has 134 valence electrons. The van der Waals surface area contributed by atoms with Crippen molar-refractivity contribution in [3.05, 3.63) is 58.1 Å². The van der Waals surface area contributed by atoms with Gasteiger partial charge in [-0.05, 0) is 52.5 Å². The van der Waals surface area contributed by atoms with Gasteiger partial charge in [0.15, 0.2) is 5.82 Å². The first-order valence-electron chi connectivity index (χ1n) is 8.25. The Kier molecular flexibility index (Phi) is 6.11. The van der Waals surface area contributed by atoms with Crippen LogP contribution in [0.15, 0.2) is 52.1 Å². The first kappa shape index (κ1) is 18.7. The lowest BCUT2D eigenvalue weighted by Crippen LogP contribution is -2.14. The molecule has 2 N–H and O–H groups in total. The maximum Gasteiger partial charge on any atom is 0.234 e. The predicted octanol–water partition coefficient (Wildman–Crippen LogP) is 4.84. The summed E-state index contributed by atoms with van der Waals surface area (Å²) in [4.78, 5) is 16.6. The Hall–Kier alpha value is -2.12. The third-order valence-electron chi connectivity index (χ3n) is 3.83. The SMILES string of the molecule is CCc1ccc(-c2nc(SCC(=O)Nc3ccc(C)cc3Br)n[nH]2)cc1. The van der Waals surface area contributed by atoms with Crippen LogP contribution in [0, 0.1) is 6.92 Å². The summed E-state index contributed by atoms with van der Waals surface area (Å²) in [6.07, 6.45) is 1.00. The van der Waals surface area contributed by atoms with Gasteiger partial charge in [0.05, 0.1) is 11.4 Å². The molecule has 7 heteroatoms. The van der Waals surface area contributed by atoms with Crippen LogP contribution >= 0.6 is 27.7 Å². The molecule has 0 fully saturated rings. The Morgan fingerprint density at radius 2 is 2.00 bits per heavy atom. The van der Waals surface area contributed by atoms with Crippen LogP contribution in [0.3, 0.4) is 0 Å². The molecule has 3 rings (SSSR count). The number of halogens is 1. The van der Waals surface area contributed by atoms with Crippen LogP contribution < -0.4 is 5.32 Å². The summed E-state index contributed by atoms with van der Waals surface area (Å²) in [7, 11) is 0. The van der Waals surface area contributed by atoms with Gasteiger partial charge in [0.2, 0.25) is 11.1 Å². The zero-order valence-corrected chi connectivity index (χ0v) is 16.9. The molecule has 1 aromatic heterocycles. The maximum atomic E-state index is 12.2. The van der Waals surface area contributed by atoms with Crippen LogP contribution in [0.1, 0.15) is 18.1 Å². The molecule has 5 nitrogen and oxygen atoms in total. The molecule has 0 radical (unpaired) electrons. The zero-order chi connectivity index (χ0) is 18.5. The van der Waals surface area contributed by atoms with Crippen molar-refractivity contribution in [2.45, 2.75) is 25.4 Å². The molecule has 0 atom stereocenters. The van der Waals surface area contributed by atoms with E-state index in [0.717, 1.165) is 27.7 Å². The molecule has 1 amide bonds. The summed E-state index contributed by atoms with van der Waals surface area (Å²) in [6, 6.07) is 14.0. The highest BCUT2D eigenvalue weighted by atomic mass is 79.9. The monoisotopic (exact) mass is 430 g/mol. The van der Waals surface area contributed by atoms with Gasteiger partial charge in [-0.3, -0.25) is 9.89 Å². The number of carbonyl (C=O) groups excluding carboxylic acids is 1. The molecule has 0 unspecified atom stereocenters. The minimum absolute atomic E-state index is 0.0989. The molecule has 0 saturated heterocycles. The van der Waals surface area contributed by atoms with E-state index in [1.165, 1.54) is 17.3 Å². The standard InChI is InChI=1S/C19H19BrN4OS/c1-3-13-5-7-14(8-6-13)18-22-19(24-23-18)26-11-17(25)21-16-9-4-12(2)10-15(16)20/h4-10H,3,11H2,1-2H3,(H,21,25)(H,22,23,24). The highest BCUT2D eigenvalue weighted by Gasteiger charge is 2.10. The number of H-pyrrole nitrogens is 1. The first-order chi connectivity index (χ1) is 12.5. The number of nitrogens with one attached hydrogen (secondary N) is 2. The minimum Gasteiger partial charge on any atom is -0.324 e. The summed E-state index contributed by atoms with van der Waals surface area (Å²) >= 11 is 4.76. The number of carbonyl (C=O) groups is 1. The minimum atomic E-state index is -0.0989. The average molecular weight is 431 g/mol. The van der Waals surface area contributed by atoms with Gasteiger partial charge >= 0.3 is 0 Å². The van der Waals surface area contributed by atoms with Crippen LogP contribution in [0.25, 0.3) is 11.4 Å². The number of benzene rings is 2. The predicted molar refractivity (Wildman–Crippen MR) is 109 cm³/mol. The number of aryl methyl sites for hydroxylation is 2. The van der Waals surface area contributed by atoms with Crippen molar-refractivity contribution in [3.63, 3.8) is 0 Å². The van der Waals surface area contributed by atoms with Crippen molar-refractivity contribution >= 4 is 39.3 Å². The molecule has 0 aliphatic rings. The smallest absolute Gasteiger partial charge is 0.234 e. The van der Waals surface area contributed by atoms with Crippen molar-refractivity contribution in [2.24, 2.45) is 0 Å². The second-order valence-corrected chi connectivity index (χ2v) is 7.63. The zero-order valence-electron chi connectivity index (χ0n) is 14.5. The summed E-state index contributed by atoms with van der Waals surface area (Å²) in [6.45, 7) is 4.13. The molecule has 26 heavy (non-hydrogen) atoms. The van der Waals surface area contributed by atoms with Gasteiger partial charge in [-0.2, -0.15) is 0 Å². The second kappa shape index (κ2) is 8.51. The van der Waals surface area contributed by atoms with Crippen LogP contribution in [0.5, 0.6) is 0 Å². The van der Waals surface area contributed by atoms with E-state index in [9.17, 15) is 4.79 Å². The molecule has 0 aliphatic carbocycles. The van der Waals surface area contributed by atoms with Gasteiger partial charge in [-0.15, -0.1) is 5.10 Å². The Balaban J connectivity index is 1.58. The lowest BCUT2D eigenvalue weighted by molar-refractivity contribution is -0.113. The third kappa shape index (κ3) is 4.74. The summed E-state index contributed by atoms with van der Waals surface area (Å²) in [5.41, 5.74) is 4.15. The van der Waals surface area contributed by atoms with Gasteiger partial charge in [-0.1, -0.05) is 49.0 Å². The maximum absolute atomic E-state index is 12.2. The van der Waals surface area contributed by atoms with Gasteiger partial charge in [0.1, 0.15) is 0 Å². The van der Waals surface area contributed by atoms with Crippen LogP contribution in [-0.4, -0.2) is 26.8 Å². The van der Waals surface area contributed by atoms with Crippen molar-refractivity contribution in [2.75, 3.05) is 11.1 Å². The summed E-state index contributed by atoms with van der Waals surface area (Å²) < 4.78 is 0.867. The van der Waals surface area contributed by atoms with Gasteiger partial charge in [0, 0.05) is 10.0 Å². The molecule has 0 aliphatic heterocycles. The number of amides is 1. The Morgan fingerprint density at radius 3 is 2.69 bits per heavy atom. The van der Waals surface area contributed by atoms with Gasteiger partial charge in [-0.25, -0.2) is 4.98 Å². The van der Waals surface area contributed by atoms with E-state index in [0.29, 0.717) is 11.0 Å². The molecule has 3 aromatic rings. The third-order valence-corrected chi connectivity index (χ3v) is 5.33. The van der Waals surface area contributed by atoms with E-state index in [1.54, 1.807) is 0 Å². The number of aromatic nitrogens is 3. The van der Waals surface area contributed by atoms with E-state index in [-0.39, 0.29) is 11.7 Å². The van der Waals surface area contributed by atoms with Crippen molar-refractivity contribution in [1.29, 1.82) is 0 Å². The number of rotatable bonds is 6. The molecule has 0 bridgehead atoms. The van der Waals surface area contributed by atoms with Crippen LogP contribution in [0.2, 0.25) is 0 Å². The van der Waals surface area contributed by atoms with E-state index >= 15 is 0 Å². The fraction of sp³-hybridized carbons (Fsp3) is 0.211. The number of nitrogens with zero attached hydrogens (tertiary/aromatic N) is 2. The molecular weight excluding hydrogens is 412 g/mol. The number of hydrogen-bond donors (Lipinski definition) is 2. The fourth-order valence-corrected chi connectivity index (χ4v) is 3.57. The van der Waals surface area contributed by atoms with Crippen LogP contribution in [0.4, 0.5) is 5.69 Å². The Bertz CT molecular complexity index is 908. The number of hydrogen-bond acceptors (Lipinski definition) is 4. The highest BCUT2D eigenvalue weighted by molar-refractivity contribution is 9.10. The molecule has 0 saturated carbocycles. The fourth-order valence-electron chi connectivity index (χ4n) is 2.38. The first-order valence-corrected chi connectivity index (χ1v) is 10.0. The lowest BCUT2D eigenvalue weighted by Gasteiger charge is -2.07. The van der Waals surface area contributed by atoms with Crippen molar-refractivity contribution < 1.29 is 4.79 Å². The quantitative estimate of drug-likeness (QED) is 0.549. The van der Waals surface area contributed by atoms with Crippen molar-refractivity contribution in [3.8, 4) is 11.4 Å². The van der Waals surface area contributed by atoms with Gasteiger partial charge in [0.25, 0.3) is 0 Å². The summed E-state index contributed by atoms with van der Waals surface area (Å²) in [5.74, 6) is 0.849. The summed E-state index contributed by atoms with van der Waals surface area (Å²) in [5, 5.41) is 10.5. The highest BCUT2D eigenvalue weighted by Crippen LogP contribution is 2.24. The van der Waals surface area contributed by atoms with E-state index in [2.05, 4.69) is 55.5 Å². The lowest BCUT2D eigenvalue weighted by atomic mass is 10.1. The molecule has 1 heterocycles. The molecule has 0 spiro atoms. The van der Waals surface area contributed by atoms with Gasteiger partial charge < -0.3 is 5.32 Å². The van der Waals surface area contributed by atoms with Crippen molar-refractivity contribution in [1.82, 2.24) is 15.2 Å². The number of anilines is 1. The van der Waals surface area contributed by atoms with E-state index < -0.39 is 0 Å². The second-order valence-electron chi connectivity index (χ2n) is 5.84. The molecular formula is C19H19BrN4OS. The largest absolute Gasteiger partial charge is 0.324 e. The topological polar surface area (TPSA) is 70.7 Å². The normalized spacial score (nSPS) is 10.7. The Labute approximate surface area is 165 Å².